The van der Waals surface area contributed by atoms with Gasteiger partial charge in [0.25, 0.3) is 0 Å². The number of rotatable bonds is 3. The van der Waals surface area contributed by atoms with Crippen molar-refractivity contribution < 1.29 is 9.53 Å². The summed E-state index contributed by atoms with van der Waals surface area (Å²) >= 11 is 0. The fourth-order valence-electron chi connectivity index (χ4n) is 2.46. The Morgan fingerprint density at radius 2 is 2.07 bits per heavy atom. The molecule has 1 saturated heterocycles. The maximum Gasteiger partial charge on any atom is 0.306 e. The van der Waals surface area contributed by atoms with Gasteiger partial charge in [-0.05, 0) is 25.2 Å². The van der Waals surface area contributed by atoms with Crippen molar-refractivity contribution in [2.75, 3.05) is 20.2 Å². The molecule has 0 saturated carbocycles. The molecule has 3 unspecified atom stereocenters. The highest BCUT2D eigenvalue weighted by Crippen LogP contribution is 2.26. The number of hydrogen-bond acceptors (Lipinski definition) is 3. The summed E-state index contributed by atoms with van der Waals surface area (Å²) in [4.78, 5) is 13.5. The molecule has 1 heterocycles. The Balaban J connectivity index is 2.41. The van der Waals surface area contributed by atoms with Crippen molar-refractivity contribution in [1.82, 2.24) is 4.90 Å². The summed E-state index contributed by atoms with van der Waals surface area (Å²) in [7, 11) is 1.45. The Morgan fingerprint density at radius 3 is 2.67 bits per heavy atom. The molecule has 0 N–H and O–H groups in total. The van der Waals surface area contributed by atoms with Crippen LogP contribution >= 0.6 is 0 Å². The molecule has 88 valence electrons. The van der Waals surface area contributed by atoms with Crippen molar-refractivity contribution in [3.63, 3.8) is 0 Å². The molecule has 1 rings (SSSR count). The van der Waals surface area contributed by atoms with Gasteiger partial charge in [-0.1, -0.05) is 13.8 Å². The molecule has 1 aliphatic rings. The zero-order valence-corrected chi connectivity index (χ0v) is 10.3. The summed E-state index contributed by atoms with van der Waals surface area (Å²) in [5.74, 6) is 1.37. The zero-order valence-electron chi connectivity index (χ0n) is 10.3. The van der Waals surface area contributed by atoms with Gasteiger partial charge in [-0.15, -0.1) is 0 Å². The van der Waals surface area contributed by atoms with Crippen LogP contribution in [0.4, 0.5) is 0 Å². The van der Waals surface area contributed by atoms with Crippen LogP contribution in [0.2, 0.25) is 0 Å². The number of carbonyl (C=O) groups excluding carboxylic acids is 1. The Hall–Kier alpha value is -0.570. The van der Waals surface area contributed by atoms with Crippen molar-refractivity contribution in [2.45, 2.75) is 39.7 Å². The molecule has 1 fully saturated rings. The van der Waals surface area contributed by atoms with Gasteiger partial charge in [0.15, 0.2) is 0 Å². The average molecular weight is 213 g/mol. The van der Waals surface area contributed by atoms with Crippen LogP contribution in [0.5, 0.6) is 0 Å². The summed E-state index contributed by atoms with van der Waals surface area (Å²) in [6.07, 6.45) is 1.82. The highest BCUT2D eigenvalue weighted by atomic mass is 16.5. The lowest BCUT2D eigenvalue weighted by molar-refractivity contribution is -0.141. The summed E-state index contributed by atoms with van der Waals surface area (Å²) in [5.41, 5.74) is 0. The average Bonchev–Trinajstić information content (AvgIpc) is 2.20. The first-order valence-electron chi connectivity index (χ1n) is 5.85. The lowest BCUT2D eigenvalue weighted by Gasteiger charge is -2.40. The molecule has 0 radical (unpaired) electrons. The minimum atomic E-state index is -0.104. The fourth-order valence-corrected chi connectivity index (χ4v) is 2.46. The van der Waals surface area contributed by atoms with E-state index in [4.69, 9.17) is 0 Å². The highest BCUT2D eigenvalue weighted by molar-refractivity contribution is 5.69. The van der Waals surface area contributed by atoms with Crippen LogP contribution in [-0.4, -0.2) is 37.1 Å². The normalized spacial score (nSPS) is 32.7. The second kappa shape index (κ2) is 5.50. The Bertz CT molecular complexity index is 218. The van der Waals surface area contributed by atoms with Crippen LogP contribution in [0.25, 0.3) is 0 Å². The summed E-state index contributed by atoms with van der Waals surface area (Å²) in [6, 6.07) is 0.589. The second-order valence-corrected chi connectivity index (χ2v) is 4.88. The van der Waals surface area contributed by atoms with Crippen LogP contribution in [0, 0.1) is 11.8 Å². The van der Waals surface area contributed by atoms with Gasteiger partial charge >= 0.3 is 5.97 Å². The van der Waals surface area contributed by atoms with Crippen molar-refractivity contribution in [1.29, 1.82) is 0 Å². The molecule has 0 aromatic carbocycles. The van der Waals surface area contributed by atoms with Crippen molar-refractivity contribution in [3.8, 4) is 0 Å². The molecular weight excluding hydrogens is 190 g/mol. The number of nitrogens with zero attached hydrogens (tertiary/aromatic N) is 1. The quantitative estimate of drug-likeness (QED) is 0.671. The number of carbonyl (C=O) groups is 1. The summed E-state index contributed by atoms with van der Waals surface area (Å²) < 4.78 is 4.66. The number of esters is 1. The number of piperidine rings is 1. The van der Waals surface area contributed by atoms with E-state index in [2.05, 4.69) is 30.4 Å². The molecule has 0 bridgehead atoms. The van der Waals surface area contributed by atoms with Gasteiger partial charge < -0.3 is 4.74 Å². The largest absolute Gasteiger partial charge is 0.469 e. The van der Waals surface area contributed by atoms with Gasteiger partial charge in [-0.25, -0.2) is 0 Å². The molecule has 0 amide bonds. The Labute approximate surface area is 92.8 Å². The van der Waals surface area contributed by atoms with Gasteiger partial charge in [0.1, 0.15) is 0 Å². The maximum atomic E-state index is 11.1. The Kier molecular flexibility index (Phi) is 4.58. The molecular formula is C12H23NO2. The minimum absolute atomic E-state index is 0.104. The summed E-state index contributed by atoms with van der Waals surface area (Å²) in [6.45, 7) is 8.79. The first-order chi connectivity index (χ1) is 7.04. The predicted molar refractivity (Wildman–Crippen MR) is 60.6 cm³/mol. The first kappa shape index (κ1) is 12.5. The van der Waals surface area contributed by atoms with E-state index in [1.54, 1.807) is 0 Å². The lowest BCUT2D eigenvalue weighted by Crippen LogP contribution is -2.46. The lowest BCUT2D eigenvalue weighted by atomic mass is 9.86. The van der Waals surface area contributed by atoms with E-state index in [0.29, 0.717) is 12.5 Å². The van der Waals surface area contributed by atoms with Gasteiger partial charge in [0, 0.05) is 19.1 Å². The second-order valence-electron chi connectivity index (χ2n) is 4.88. The van der Waals surface area contributed by atoms with E-state index < -0.39 is 0 Å². The number of ether oxygens (including phenoxy) is 1. The molecule has 3 heteroatoms. The molecule has 0 aromatic rings. The molecule has 0 spiro atoms. The van der Waals surface area contributed by atoms with Gasteiger partial charge in [-0.3, -0.25) is 9.69 Å². The van der Waals surface area contributed by atoms with E-state index >= 15 is 0 Å². The van der Waals surface area contributed by atoms with Crippen molar-refractivity contribution in [3.05, 3.63) is 0 Å². The Morgan fingerprint density at radius 1 is 1.40 bits per heavy atom. The van der Waals surface area contributed by atoms with Crippen molar-refractivity contribution >= 4 is 5.97 Å². The molecule has 3 atom stereocenters. The molecule has 15 heavy (non-hydrogen) atoms. The smallest absolute Gasteiger partial charge is 0.306 e. The highest BCUT2D eigenvalue weighted by Gasteiger charge is 2.28. The van der Waals surface area contributed by atoms with Gasteiger partial charge in [0.2, 0.25) is 0 Å². The molecule has 1 aliphatic heterocycles. The van der Waals surface area contributed by atoms with E-state index in [1.807, 2.05) is 0 Å². The molecule has 0 aliphatic carbocycles. The van der Waals surface area contributed by atoms with E-state index in [0.717, 1.165) is 24.9 Å². The van der Waals surface area contributed by atoms with Gasteiger partial charge in [-0.2, -0.15) is 0 Å². The number of methoxy groups -OCH3 is 1. The molecule has 3 nitrogen and oxygen atoms in total. The minimum Gasteiger partial charge on any atom is -0.469 e. The summed E-state index contributed by atoms with van der Waals surface area (Å²) in [5, 5.41) is 0. The van der Waals surface area contributed by atoms with Crippen LogP contribution in [0.3, 0.4) is 0 Å². The van der Waals surface area contributed by atoms with E-state index in [-0.39, 0.29) is 5.97 Å². The topological polar surface area (TPSA) is 29.5 Å². The third-order valence-corrected chi connectivity index (χ3v) is 3.55. The fraction of sp³-hybridized carbons (Fsp3) is 0.917. The number of hydrogen-bond donors (Lipinski definition) is 0. The van der Waals surface area contributed by atoms with Crippen LogP contribution in [-0.2, 0) is 9.53 Å². The zero-order chi connectivity index (χ0) is 11.4. The van der Waals surface area contributed by atoms with Gasteiger partial charge in [0.05, 0.1) is 13.5 Å². The predicted octanol–water partition coefficient (Wildman–Crippen LogP) is 1.92. The maximum absolute atomic E-state index is 11.1. The SMILES string of the molecule is COC(=O)CCN1CC(C)CC(C)C1C. The standard InChI is InChI=1S/C12H23NO2/c1-9-7-10(2)11(3)13(8-9)6-5-12(14)15-4/h9-11H,5-8H2,1-4H3. The van der Waals surface area contributed by atoms with E-state index in [9.17, 15) is 4.79 Å². The van der Waals surface area contributed by atoms with Crippen LogP contribution < -0.4 is 0 Å². The number of likely N-dealkylation sites (tertiary alicyclic amines) is 1. The van der Waals surface area contributed by atoms with Crippen molar-refractivity contribution in [2.24, 2.45) is 11.8 Å². The molecule has 0 aromatic heterocycles. The van der Waals surface area contributed by atoms with E-state index in [1.165, 1.54) is 13.5 Å². The van der Waals surface area contributed by atoms with Crippen LogP contribution in [0.15, 0.2) is 0 Å². The third kappa shape index (κ3) is 3.49. The monoisotopic (exact) mass is 213 g/mol. The first-order valence-corrected chi connectivity index (χ1v) is 5.85. The van der Waals surface area contributed by atoms with Crippen LogP contribution in [0.1, 0.15) is 33.6 Å². The third-order valence-electron chi connectivity index (χ3n) is 3.55.